The van der Waals surface area contributed by atoms with Crippen LogP contribution in [0.25, 0.3) is 0 Å². The van der Waals surface area contributed by atoms with Gasteiger partial charge < -0.3 is 14.7 Å². The highest BCUT2D eigenvalue weighted by Gasteiger charge is 2.39. The molecule has 2 bridgehead atoms. The van der Waals surface area contributed by atoms with Crippen LogP contribution in [0, 0.1) is 11.8 Å². The molecule has 1 N–H and O–H groups in total. The molecule has 2 saturated heterocycles. The zero-order valence-corrected chi connectivity index (χ0v) is 7.77. The van der Waals surface area contributed by atoms with Crippen LogP contribution < -0.4 is 0 Å². The highest BCUT2D eigenvalue weighted by Crippen LogP contribution is 2.27. The molecule has 4 heteroatoms. The monoisotopic (exact) mass is 185 g/mol. The number of carbonyl (C=O) groups excluding carboxylic acids is 1. The molecule has 2 rings (SSSR count). The Hall–Kier alpha value is -0.610. The van der Waals surface area contributed by atoms with E-state index in [-0.39, 0.29) is 23.8 Å². The van der Waals surface area contributed by atoms with E-state index in [1.165, 1.54) is 0 Å². The molecule has 2 aliphatic heterocycles. The molecule has 0 spiro atoms. The van der Waals surface area contributed by atoms with Gasteiger partial charge in [-0.3, -0.25) is 4.79 Å². The van der Waals surface area contributed by atoms with Crippen molar-refractivity contribution in [2.24, 2.45) is 11.8 Å². The van der Waals surface area contributed by atoms with Crippen molar-refractivity contribution < 1.29 is 14.6 Å². The van der Waals surface area contributed by atoms with Gasteiger partial charge in [-0.25, -0.2) is 0 Å². The summed E-state index contributed by atoms with van der Waals surface area (Å²) < 4.78 is 5.34. The summed E-state index contributed by atoms with van der Waals surface area (Å²) in [5.74, 6) is 0.344. The average molecular weight is 185 g/mol. The van der Waals surface area contributed by atoms with Gasteiger partial charge in [-0.05, 0) is 0 Å². The van der Waals surface area contributed by atoms with Gasteiger partial charge in [0.1, 0.15) is 0 Å². The minimum Gasteiger partial charge on any atom is -0.392 e. The first-order valence-corrected chi connectivity index (χ1v) is 4.70. The van der Waals surface area contributed by atoms with Gasteiger partial charge in [0.05, 0.1) is 19.3 Å². The number of piperidine rings is 1. The number of hydrogen-bond acceptors (Lipinski definition) is 3. The Morgan fingerprint density at radius 2 is 1.92 bits per heavy atom. The highest BCUT2D eigenvalue weighted by atomic mass is 16.5. The molecule has 2 fully saturated rings. The third-order valence-electron chi connectivity index (χ3n) is 2.98. The first kappa shape index (κ1) is 8.97. The van der Waals surface area contributed by atoms with E-state index in [9.17, 15) is 9.90 Å². The van der Waals surface area contributed by atoms with Crippen molar-refractivity contribution >= 4 is 5.91 Å². The third-order valence-corrected chi connectivity index (χ3v) is 2.98. The molecule has 0 radical (unpaired) electrons. The zero-order valence-electron chi connectivity index (χ0n) is 7.77. The van der Waals surface area contributed by atoms with Crippen molar-refractivity contribution in [2.45, 2.75) is 13.0 Å². The SMILES string of the molecule is CC(=O)N1CC2COCC(C1)C2O. The number of rotatable bonds is 0. The minimum atomic E-state index is -0.274. The lowest BCUT2D eigenvalue weighted by molar-refractivity contribution is -0.150. The molecule has 2 aliphatic rings. The molecule has 0 saturated carbocycles. The van der Waals surface area contributed by atoms with E-state index in [1.807, 2.05) is 4.90 Å². The van der Waals surface area contributed by atoms with Crippen molar-refractivity contribution in [3.63, 3.8) is 0 Å². The van der Waals surface area contributed by atoms with Crippen LogP contribution in [0.3, 0.4) is 0 Å². The van der Waals surface area contributed by atoms with Crippen LogP contribution in [0.1, 0.15) is 6.92 Å². The Bertz CT molecular complexity index is 205. The molecule has 2 heterocycles. The molecule has 0 aromatic carbocycles. The van der Waals surface area contributed by atoms with Gasteiger partial charge in [-0.2, -0.15) is 0 Å². The Kier molecular flexibility index (Phi) is 2.26. The average Bonchev–Trinajstić information content (AvgIpc) is 2.02. The number of fused-ring (bicyclic) bond motifs is 2. The van der Waals surface area contributed by atoms with E-state index >= 15 is 0 Å². The van der Waals surface area contributed by atoms with Crippen LogP contribution >= 0.6 is 0 Å². The summed E-state index contributed by atoms with van der Waals surface area (Å²) in [5.41, 5.74) is 0. The normalized spacial score (nSPS) is 38.9. The molecule has 0 aromatic heterocycles. The number of amides is 1. The summed E-state index contributed by atoms with van der Waals surface area (Å²) in [6.07, 6.45) is -0.274. The number of nitrogens with zero attached hydrogens (tertiary/aromatic N) is 1. The molecule has 4 nitrogen and oxygen atoms in total. The molecule has 74 valence electrons. The summed E-state index contributed by atoms with van der Waals surface area (Å²) in [5, 5.41) is 9.77. The van der Waals surface area contributed by atoms with Crippen LogP contribution in [0.4, 0.5) is 0 Å². The first-order chi connectivity index (χ1) is 6.18. The molecular formula is C9H15NO3. The van der Waals surface area contributed by atoms with Crippen LogP contribution in [-0.2, 0) is 9.53 Å². The quantitative estimate of drug-likeness (QED) is 0.552. The van der Waals surface area contributed by atoms with Crippen LogP contribution in [0.5, 0.6) is 0 Å². The Labute approximate surface area is 77.5 Å². The summed E-state index contributed by atoms with van der Waals surface area (Å²) in [4.78, 5) is 13.0. The molecule has 13 heavy (non-hydrogen) atoms. The maximum absolute atomic E-state index is 11.1. The van der Waals surface area contributed by atoms with Crippen molar-refractivity contribution in [1.82, 2.24) is 4.90 Å². The van der Waals surface area contributed by atoms with E-state index < -0.39 is 0 Å². The smallest absolute Gasteiger partial charge is 0.219 e. The maximum atomic E-state index is 11.1. The second-order valence-electron chi connectivity index (χ2n) is 3.97. The molecule has 0 aliphatic carbocycles. The van der Waals surface area contributed by atoms with E-state index in [1.54, 1.807) is 6.92 Å². The second-order valence-corrected chi connectivity index (χ2v) is 3.97. The first-order valence-electron chi connectivity index (χ1n) is 4.70. The van der Waals surface area contributed by atoms with E-state index in [0.29, 0.717) is 26.3 Å². The van der Waals surface area contributed by atoms with Gasteiger partial charge in [0.25, 0.3) is 0 Å². The Balaban J connectivity index is 2.07. The fraction of sp³-hybridized carbons (Fsp3) is 0.889. The van der Waals surface area contributed by atoms with E-state index in [2.05, 4.69) is 0 Å². The molecule has 2 atom stereocenters. The fourth-order valence-corrected chi connectivity index (χ4v) is 2.17. The lowest BCUT2D eigenvalue weighted by Crippen LogP contribution is -2.56. The third kappa shape index (κ3) is 1.56. The Morgan fingerprint density at radius 1 is 1.38 bits per heavy atom. The van der Waals surface area contributed by atoms with Gasteiger partial charge >= 0.3 is 0 Å². The Morgan fingerprint density at radius 3 is 2.38 bits per heavy atom. The summed E-state index contributed by atoms with van der Waals surface area (Å²) in [6, 6.07) is 0. The molecule has 2 unspecified atom stereocenters. The maximum Gasteiger partial charge on any atom is 0.219 e. The topological polar surface area (TPSA) is 49.8 Å². The largest absolute Gasteiger partial charge is 0.392 e. The number of aliphatic hydroxyl groups excluding tert-OH is 1. The molecule has 0 aromatic rings. The minimum absolute atomic E-state index is 0.101. The van der Waals surface area contributed by atoms with Crippen molar-refractivity contribution in [3.8, 4) is 0 Å². The lowest BCUT2D eigenvalue weighted by Gasteiger charge is -2.44. The lowest BCUT2D eigenvalue weighted by atomic mass is 9.85. The summed E-state index contributed by atoms with van der Waals surface area (Å²) in [6.45, 7) is 4.04. The predicted octanol–water partition coefficient (Wildman–Crippen LogP) is -0.528. The van der Waals surface area contributed by atoms with Crippen LogP contribution in [-0.4, -0.2) is 48.3 Å². The predicted molar refractivity (Wildman–Crippen MR) is 46.1 cm³/mol. The van der Waals surface area contributed by atoms with E-state index in [4.69, 9.17) is 4.74 Å². The second kappa shape index (κ2) is 3.27. The van der Waals surface area contributed by atoms with Gasteiger partial charge in [-0.15, -0.1) is 0 Å². The zero-order chi connectivity index (χ0) is 9.42. The van der Waals surface area contributed by atoms with Crippen molar-refractivity contribution in [2.75, 3.05) is 26.3 Å². The van der Waals surface area contributed by atoms with Crippen molar-refractivity contribution in [3.05, 3.63) is 0 Å². The summed E-state index contributed by atoms with van der Waals surface area (Å²) in [7, 11) is 0. The fourth-order valence-electron chi connectivity index (χ4n) is 2.17. The standard InChI is InChI=1S/C9H15NO3/c1-6(11)10-2-7-4-13-5-8(3-10)9(7)12/h7-9,12H,2-5H2,1H3. The number of aliphatic hydroxyl groups is 1. The van der Waals surface area contributed by atoms with Gasteiger partial charge in [-0.1, -0.05) is 0 Å². The summed E-state index contributed by atoms with van der Waals surface area (Å²) >= 11 is 0. The number of ether oxygens (including phenoxy) is 1. The number of likely N-dealkylation sites (tertiary alicyclic amines) is 1. The number of carbonyl (C=O) groups is 1. The van der Waals surface area contributed by atoms with Gasteiger partial charge in [0, 0.05) is 31.8 Å². The van der Waals surface area contributed by atoms with E-state index in [0.717, 1.165) is 0 Å². The highest BCUT2D eigenvalue weighted by molar-refractivity contribution is 5.73. The number of hydrogen-bond donors (Lipinski definition) is 1. The molecule has 1 amide bonds. The van der Waals surface area contributed by atoms with Gasteiger partial charge in [0.2, 0.25) is 5.91 Å². The van der Waals surface area contributed by atoms with Gasteiger partial charge in [0.15, 0.2) is 0 Å². The van der Waals surface area contributed by atoms with Crippen LogP contribution in [0.2, 0.25) is 0 Å². The molecular weight excluding hydrogens is 170 g/mol. The van der Waals surface area contributed by atoms with Crippen molar-refractivity contribution in [1.29, 1.82) is 0 Å². The van der Waals surface area contributed by atoms with Crippen LogP contribution in [0.15, 0.2) is 0 Å².